The molecule has 0 spiro atoms. The molecule has 1 aromatic carbocycles. The summed E-state index contributed by atoms with van der Waals surface area (Å²) < 4.78 is 23.3. The van der Waals surface area contributed by atoms with Gasteiger partial charge in [0.15, 0.2) is 15.8 Å². The highest BCUT2D eigenvalue weighted by atomic mass is 127. The maximum absolute atomic E-state index is 11.7. The maximum Gasteiger partial charge on any atom is 0.191 e. The molecule has 2 aliphatic rings. The fourth-order valence-corrected chi connectivity index (χ4v) is 5.49. The van der Waals surface area contributed by atoms with Gasteiger partial charge in [-0.05, 0) is 32.4 Å². The van der Waals surface area contributed by atoms with Crippen molar-refractivity contribution < 1.29 is 8.42 Å². The molecule has 1 aromatic rings. The number of piperazine rings is 1. The fourth-order valence-electron chi connectivity index (χ4n) is 3.82. The molecule has 2 saturated heterocycles. The van der Waals surface area contributed by atoms with Crippen LogP contribution in [0.3, 0.4) is 0 Å². The summed E-state index contributed by atoms with van der Waals surface area (Å²) in [6.45, 7) is 9.79. The smallest absolute Gasteiger partial charge is 0.191 e. The summed E-state index contributed by atoms with van der Waals surface area (Å²) in [5.74, 6) is 1.19. The van der Waals surface area contributed by atoms with Gasteiger partial charge in [0, 0.05) is 50.5 Å². The van der Waals surface area contributed by atoms with Crippen molar-refractivity contribution in [3.8, 4) is 0 Å². The molecule has 2 fully saturated rings. The van der Waals surface area contributed by atoms with Crippen molar-refractivity contribution in [3.63, 3.8) is 0 Å². The van der Waals surface area contributed by atoms with Crippen LogP contribution in [0.15, 0.2) is 35.3 Å². The van der Waals surface area contributed by atoms with Crippen LogP contribution >= 0.6 is 24.0 Å². The van der Waals surface area contributed by atoms with Crippen LogP contribution < -0.4 is 15.5 Å². The van der Waals surface area contributed by atoms with Gasteiger partial charge in [-0.2, -0.15) is 0 Å². The van der Waals surface area contributed by atoms with Gasteiger partial charge in [0.05, 0.1) is 18.1 Å². The summed E-state index contributed by atoms with van der Waals surface area (Å²) in [6, 6.07) is 10.9. The molecule has 2 atom stereocenters. The molecule has 2 aliphatic heterocycles. The van der Waals surface area contributed by atoms with Crippen LogP contribution in [0.25, 0.3) is 0 Å². The number of hydrogen-bond donors (Lipinski definition) is 2. The first-order valence-electron chi connectivity index (χ1n) is 10.3. The number of nitrogens with one attached hydrogen (secondary N) is 2. The van der Waals surface area contributed by atoms with Crippen LogP contribution in [0, 0.1) is 0 Å². The third-order valence-electron chi connectivity index (χ3n) is 5.49. The Hall–Kier alpha value is -1.07. The Kier molecular flexibility index (Phi) is 9.48. The first kappa shape index (κ1) is 24.2. The van der Waals surface area contributed by atoms with E-state index in [1.165, 1.54) is 5.69 Å². The molecule has 0 radical (unpaired) electrons. The summed E-state index contributed by atoms with van der Waals surface area (Å²) in [7, 11) is -2.89. The van der Waals surface area contributed by atoms with Crippen LogP contribution in [0.2, 0.25) is 0 Å². The van der Waals surface area contributed by atoms with Gasteiger partial charge in [0.2, 0.25) is 0 Å². The molecule has 0 aromatic heterocycles. The van der Waals surface area contributed by atoms with Crippen LogP contribution in [0.5, 0.6) is 0 Å². The number of nitrogens with zero attached hydrogens (tertiary/aromatic N) is 3. The first-order chi connectivity index (χ1) is 13.5. The molecule has 3 rings (SSSR count). The van der Waals surface area contributed by atoms with Gasteiger partial charge in [-0.3, -0.25) is 9.89 Å². The fraction of sp³-hybridized carbons (Fsp3) is 0.650. The number of sulfone groups is 1. The average Bonchev–Trinajstić information content (AvgIpc) is 3.05. The van der Waals surface area contributed by atoms with Crippen LogP contribution in [0.4, 0.5) is 5.69 Å². The van der Waals surface area contributed by atoms with E-state index in [1.807, 2.05) is 6.92 Å². The number of guanidine groups is 1. The monoisotopic (exact) mass is 535 g/mol. The zero-order valence-electron chi connectivity index (χ0n) is 17.4. The predicted octanol–water partition coefficient (Wildman–Crippen LogP) is 1.56. The van der Waals surface area contributed by atoms with E-state index < -0.39 is 9.84 Å². The van der Waals surface area contributed by atoms with Gasteiger partial charge in [-0.1, -0.05) is 18.2 Å². The lowest BCUT2D eigenvalue weighted by molar-refractivity contribution is 0.201. The highest BCUT2D eigenvalue weighted by Gasteiger charge is 2.28. The Bertz CT molecular complexity index is 751. The van der Waals surface area contributed by atoms with Crippen LogP contribution in [-0.2, 0) is 9.84 Å². The standard InChI is InChI=1S/C20H33N5O2S.HI/c1-3-21-20(23-18-9-14-28(26,27)16-18)22-15-17(2)24-10-12-25(13-11-24)19-7-5-4-6-8-19;/h4-8,17-18H,3,9-16H2,1-2H3,(H2,21,22,23);1H. The minimum absolute atomic E-state index is 0. The van der Waals surface area contributed by atoms with E-state index in [9.17, 15) is 8.42 Å². The molecule has 0 bridgehead atoms. The predicted molar refractivity (Wildman–Crippen MR) is 131 cm³/mol. The third-order valence-corrected chi connectivity index (χ3v) is 7.26. The molecular formula is C20H34IN5O2S. The maximum atomic E-state index is 11.7. The Morgan fingerprint density at radius 3 is 2.48 bits per heavy atom. The lowest BCUT2D eigenvalue weighted by Gasteiger charge is -2.38. The molecule has 2 unspecified atom stereocenters. The summed E-state index contributed by atoms with van der Waals surface area (Å²) in [5, 5.41) is 6.53. The van der Waals surface area contributed by atoms with Crippen molar-refractivity contribution in [1.82, 2.24) is 15.5 Å². The lowest BCUT2D eigenvalue weighted by atomic mass is 10.2. The average molecular weight is 535 g/mol. The molecule has 2 N–H and O–H groups in total. The van der Waals surface area contributed by atoms with Crippen molar-refractivity contribution >= 4 is 45.5 Å². The molecular weight excluding hydrogens is 501 g/mol. The van der Waals surface area contributed by atoms with Crippen molar-refractivity contribution in [2.75, 3.05) is 55.7 Å². The SMILES string of the molecule is CCNC(=NCC(C)N1CCN(c2ccccc2)CC1)NC1CCS(=O)(=O)C1.I. The second-order valence-electron chi connectivity index (χ2n) is 7.67. The van der Waals surface area contributed by atoms with E-state index in [2.05, 4.69) is 57.7 Å². The van der Waals surface area contributed by atoms with E-state index in [1.54, 1.807) is 0 Å². The van der Waals surface area contributed by atoms with Gasteiger partial charge in [-0.25, -0.2) is 8.42 Å². The van der Waals surface area contributed by atoms with Crippen LogP contribution in [0.1, 0.15) is 20.3 Å². The van der Waals surface area contributed by atoms with Crippen molar-refractivity contribution in [2.24, 2.45) is 4.99 Å². The molecule has 29 heavy (non-hydrogen) atoms. The molecule has 7 nitrogen and oxygen atoms in total. The molecule has 0 aliphatic carbocycles. The zero-order chi connectivity index (χ0) is 20.0. The summed E-state index contributed by atoms with van der Waals surface area (Å²) in [5.41, 5.74) is 1.29. The number of rotatable bonds is 6. The van der Waals surface area contributed by atoms with Crippen LogP contribution in [-0.4, -0.2) is 82.1 Å². The molecule has 2 heterocycles. The summed E-state index contributed by atoms with van der Waals surface area (Å²) in [4.78, 5) is 9.63. The van der Waals surface area contributed by atoms with E-state index >= 15 is 0 Å². The van der Waals surface area contributed by atoms with Gasteiger partial charge < -0.3 is 15.5 Å². The quantitative estimate of drug-likeness (QED) is 0.327. The number of benzene rings is 1. The Labute approximate surface area is 192 Å². The van der Waals surface area contributed by atoms with E-state index in [-0.39, 0.29) is 41.5 Å². The molecule has 9 heteroatoms. The highest BCUT2D eigenvalue weighted by Crippen LogP contribution is 2.16. The van der Waals surface area contributed by atoms with Gasteiger partial charge >= 0.3 is 0 Å². The molecule has 0 amide bonds. The first-order valence-corrected chi connectivity index (χ1v) is 12.1. The van der Waals surface area contributed by atoms with Gasteiger partial charge in [-0.15, -0.1) is 24.0 Å². The minimum atomic E-state index is -2.89. The third kappa shape index (κ3) is 7.29. The van der Waals surface area contributed by atoms with Gasteiger partial charge in [0.1, 0.15) is 0 Å². The molecule has 164 valence electrons. The topological polar surface area (TPSA) is 77.0 Å². The number of halogens is 1. The van der Waals surface area contributed by atoms with E-state index in [0.29, 0.717) is 19.0 Å². The Morgan fingerprint density at radius 2 is 1.90 bits per heavy atom. The minimum Gasteiger partial charge on any atom is -0.369 e. The largest absolute Gasteiger partial charge is 0.369 e. The number of aliphatic imine (C=N–C) groups is 1. The van der Waals surface area contributed by atoms with Crippen molar-refractivity contribution in [1.29, 1.82) is 0 Å². The van der Waals surface area contributed by atoms with Gasteiger partial charge in [0.25, 0.3) is 0 Å². The second kappa shape index (κ2) is 11.4. The van der Waals surface area contributed by atoms with Crippen molar-refractivity contribution in [2.45, 2.75) is 32.4 Å². The Morgan fingerprint density at radius 1 is 1.21 bits per heavy atom. The summed E-state index contributed by atoms with van der Waals surface area (Å²) in [6.07, 6.45) is 0.656. The highest BCUT2D eigenvalue weighted by molar-refractivity contribution is 14.0. The summed E-state index contributed by atoms with van der Waals surface area (Å²) >= 11 is 0. The van der Waals surface area contributed by atoms with Crippen molar-refractivity contribution in [3.05, 3.63) is 30.3 Å². The zero-order valence-corrected chi connectivity index (χ0v) is 20.5. The number of anilines is 1. The van der Waals surface area contributed by atoms with E-state index in [0.717, 1.165) is 38.7 Å². The lowest BCUT2D eigenvalue weighted by Crippen LogP contribution is -2.51. The van der Waals surface area contributed by atoms with E-state index in [4.69, 9.17) is 4.99 Å². The number of hydrogen-bond acceptors (Lipinski definition) is 5. The second-order valence-corrected chi connectivity index (χ2v) is 9.90. The number of para-hydroxylation sites is 1. The Balaban J connectivity index is 0.00000300. The normalized spacial score (nSPS) is 23.3. The molecule has 0 saturated carbocycles.